The van der Waals surface area contributed by atoms with Crippen LogP contribution in [0.2, 0.25) is 0 Å². The van der Waals surface area contributed by atoms with Gasteiger partial charge in [0.1, 0.15) is 5.75 Å². The highest BCUT2D eigenvalue weighted by molar-refractivity contribution is 5.77. The Balaban J connectivity index is 1.54. The summed E-state index contributed by atoms with van der Waals surface area (Å²) < 4.78 is 0. The molecule has 34 heavy (non-hydrogen) atoms. The summed E-state index contributed by atoms with van der Waals surface area (Å²) in [7, 11) is 0. The normalized spacial score (nSPS) is 25.1. The highest BCUT2D eigenvalue weighted by Gasteiger charge is 2.38. The number of rotatable bonds is 11. The first kappa shape index (κ1) is 26.5. The lowest BCUT2D eigenvalue weighted by Gasteiger charge is -2.45. The Morgan fingerprint density at radius 1 is 1.21 bits per heavy atom. The molecule has 1 aliphatic carbocycles. The van der Waals surface area contributed by atoms with E-state index in [1.807, 2.05) is 12.1 Å². The molecule has 0 bridgehead atoms. The molecule has 0 aromatic heterocycles. The second-order valence-electron chi connectivity index (χ2n) is 11.0. The molecule has 1 aromatic carbocycles. The standard InChI is InChI=1S/C28H44N2O4/c1-21-20-30(17-15-28(21,2)23-10-6-11-25(31)19-23)16-14-24(18-22-8-4-3-5-9-22)29-26(32)12-7-13-27(33)34/h6,10-11,19,21-22,24,31H,3-5,7-9,12-18,20H2,1-2H3,(H,29,32)(H,33,34)/t21-,24?,28-/m0/s1. The van der Waals surface area contributed by atoms with E-state index < -0.39 is 5.97 Å². The van der Waals surface area contributed by atoms with Crippen molar-refractivity contribution in [2.75, 3.05) is 19.6 Å². The van der Waals surface area contributed by atoms with Gasteiger partial charge in [-0.3, -0.25) is 9.59 Å². The Hall–Kier alpha value is -2.08. The number of hydrogen-bond acceptors (Lipinski definition) is 4. The zero-order valence-corrected chi connectivity index (χ0v) is 21.1. The number of nitrogens with one attached hydrogen (secondary N) is 1. The van der Waals surface area contributed by atoms with Gasteiger partial charge < -0.3 is 20.4 Å². The van der Waals surface area contributed by atoms with Gasteiger partial charge in [-0.15, -0.1) is 0 Å². The second kappa shape index (κ2) is 12.6. The zero-order valence-electron chi connectivity index (χ0n) is 21.1. The van der Waals surface area contributed by atoms with Crippen LogP contribution in [0.5, 0.6) is 5.75 Å². The number of piperidine rings is 1. The molecule has 3 N–H and O–H groups in total. The molecule has 1 heterocycles. The van der Waals surface area contributed by atoms with E-state index in [9.17, 15) is 14.7 Å². The van der Waals surface area contributed by atoms with Gasteiger partial charge in [0.2, 0.25) is 5.91 Å². The number of phenols is 1. The van der Waals surface area contributed by atoms with Gasteiger partial charge in [-0.1, -0.05) is 58.1 Å². The summed E-state index contributed by atoms with van der Waals surface area (Å²) in [4.78, 5) is 25.8. The van der Waals surface area contributed by atoms with Crippen molar-refractivity contribution in [2.24, 2.45) is 11.8 Å². The number of carboxylic acids is 1. The fraction of sp³-hybridized carbons (Fsp3) is 0.714. The summed E-state index contributed by atoms with van der Waals surface area (Å²) in [6.45, 7) is 7.61. The third-order valence-corrected chi connectivity index (χ3v) is 8.37. The van der Waals surface area contributed by atoms with Crippen molar-refractivity contribution in [3.05, 3.63) is 29.8 Å². The van der Waals surface area contributed by atoms with Crippen molar-refractivity contribution in [1.29, 1.82) is 0 Å². The number of benzene rings is 1. The first-order valence-electron chi connectivity index (χ1n) is 13.3. The number of aromatic hydroxyl groups is 1. The van der Waals surface area contributed by atoms with Crippen LogP contribution in [0.15, 0.2) is 24.3 Å². The fourth-order valence-corrected chi connectivity index (χ4v) is 5.92. The van der Waals surface area contributed by atoms with Crippen molar-refractivity contribution in [1.82, 2.24) is 10.2 Å². The van der Waals surface area contributed by atoms with Crippen molar-refractivity contribution >= 4 is 11.9 Å². The molecular formula is C28H44N2O4. The summed E-state index contributed by atoms with van der Waals surface area (Å²) in [5.41, 5.74) is 1.26. The van der Waals surface area contributed by atoms with Crippen molar-refractivity contribution in [3.8, 4) is 5.75 Å². The first-order valence-corrected chi connectivity index (χ1v) is 13.3. The van der Waals surface area contributed by atoms with Crippen molar-refractivity contribution in [3.63, 3.8) is 0 Å². The number of aliphatic carboxylic acids is 1. The molecule has 6 heteroatoms. The summed E-state index contributed by atoms with van der Waals surface area (Å²) in [5.74, 6) is 0.630. The number of phenolic OH excluding ortho intramolecular Hbond substituents is 1. The van der Waals surface area contributed by atoms with E-state index in [1.54, 1.807) is 6.07 Å². The molecule has 1 amide bonds. The van der Waals surface area contributed by atoms with Crippen LogP contribution in [-0.4, -0.2) is 52.7 Å². The zero-order chi connectivity index (χ0) is 24.6. The summed E-state index contributed by atoms with van der Waals surface area (Å²) in [5, 5.41) is 22.1. The number of carbonyl (C=O) groups excluding carboxylic acids is 1. The smallest absolute Gasteiger partial charge is 0.303 e. The van der Waals surface area contributed by atoms with Crippen LogP contribution < -0.4 is 5.32 Å². The number of carboxylic acid groups (broad SMARTS) is 1. The Kier molecular flexibility index (Phi) is 9.81. The topological polar surface area (TPSA) is 89.9 Å². The molecule has 0 spiro atoms. The molecule has 2 aliphatic rings. The number of hydrogen-bond donors (Lipinski definition) is 3. The lowest BCUT2D eigenvalue weighted by molar-refractivity contribution is -0.137. The van der Waals surface area contributed by atoms with Crippen LogP contribution in [-0.2, 0) is 15.0 Å². The van der Waals surface area contributed by atoms with Crippen LogP contribution in [0, 0.1) is 11.8 Å². The summed E-state index contributed by atoms with van der Waals surface area (Å²) in [6, 6.07) is 7.87. The average Bonchev–Trinajstić information content (AvgIpc) is 2.80. The summed E-state index contributed by atoms with van der Waals surface area (Å²) in [6.07, 6.45) is 10.2. The Morgan fingerprint density at radius 3 is 2.65 bits per heavy atom. The second-order valence-corrected chi connectivity index (χ2v) is 11.0. The third kappa shape index (κ3) is 7.72. The molecule has 6 nitrogen and oxygen atoms in total. The van der Waals surface area contributed by atoms with E-state index in [-0.39, 0.29) is 30.2 Å². The molecule has 2 fully saturated rings. The minimum absolute atomic E-state index is 0.00877. The van der Waals surface area contributed by atoms with Crippen LogP contribution in [0.3, 0.4) is 0 Å². The van der Waals surface area contributed by atoms with Gasteiger partial charge in [0.05, 0.1) is 0 Å². The quantitative estimate of drug-likeness (QED) is 0.417. The molecule has 3 rings (SSSR count). The van der Waals surface area contributed by atoms with E-state index >= 15 is 0 Å². The van der Waals surface area contributed by atoms with Gasteiger partial charge in [0, 0.05) is 32.0 Å². The van der Waals surface area contributed by atoms with E-state index in [1.165, 1.54) is 37.7 Å². The van der Waals surface area contributed by atoms with Gasteiger partial charge in [0.25, 0.3) is 0 Å². The van der Waals surface area contributed by atoms with Gasteiger partial charge in [-0.2, -0.15) is 0 Å². The Labute approximate surface area is 205 Å². The number of nitrogens with zero attached hydrogens (tertiary/aromatic N) is 1. The Morgan fingerprint density at radius 2 is 1.97 bits per heavy atom. The molecule has 190 valence electrons. The van der Waals surface area contributed by atoms with Crippen LogP contribution in [0.25, 0.3) is 0 Å². The molecule has 3 atom stereocenters. The van der Waals surface area contributed by atoms with E-state index in [2.05, 4.69) is 30.1 Å². The molecular weight excluding hydrogens is 428 g/mol. The van der Waals surface area contributed by atoms with Crippen LogP contribution in [0.4, 0.5) is 0 Å². The van der Waals surface area contributed by atoms with Crippen LogP contribution in [0.1, 0.15) is 90.0 Å². The van der Waals surface area contributed by atoms with Gasteiger partial charge in [-0.25, -0.2) is 0 Å². The molecule has 1 saturated carbocycles. The maximum absolute atomic E-state index is 12.5. The SMILES string of the molecule is C[C@H]1CN(CCC(CC2CCCCC2)NC(=O)CCCC(=O)O)CC[C@]1(C)c1cccc(O)c1. The van der Waals surface area contributed by atoms with E-state index in [0.717, 1.165) is 38.9 Å². The predicted octanol–water partition coefficient (Wildman–Crippen LogP) is 5.09. The Bertz CT molecular complexity index is 807. The first-order chi connectivity index (χ1) is 16.3. The number of amides is 1. The predicted molar refractivity (Wildman–Crippen MR) is 135 cm³/mol. The molecule has 0 radical (unpaired) electrons. The minimum atomic E-state index is -0.844. The van der Waals surface area contributed by atoms with Crippen LogP contribution >= 0.6 is 0 Å². The maximum atomic E-state index is 12.5. The van der Waals surface area contributed by atoms with E-state index in [0.29, 0.717) is 24.0 Å². The van der Waals surface area contributed by atoms with Gasteiger partial charge in [0.15, 0.2) is 0 Å². The molecule has 1 aliphatic heterocycles. The van der Waals surface area contributed by atoms with Gasteiger partial charge in [-0.05, 0) is 67.2 Å². The molecule has 1 unspecified atom stereocenters. The molecule has 1 aromatic rings. The lowest BCUT2D eigenvalue weighted by Crippen LogP contribution is -2.48. The highest BCUT2D eigenvalue weighted by atomic mass is 16.4. The fourth-order valence-electron chi connectivity index (χ4n) is 5.92. The summed E-state index contributed by atoms with van der Waals surface area (Å²) >= 11 is 0. The largest absolute Gasteiger partial charge is 0.508 e. The molecule has 1 saturated heterocycles. The van der Waals surface area contributed by atoms with Crippen molar-refractivity contribution < 1.29 is 19.8 Å². The van der Waals surface area contributed by atoms with Crippen molar-refractivity contribution in [2.45, 2.75) is 95.9 Å². The monoisotopic (exact) mass is 472 g/mol. The third-order valence-electron chi connectivity index (χ3n) is 8.37. The lowest BCUT2D eigenvalue weighted by atomic mass is 9.68. The van der Waals surface area contributed by atoms with Gasteiger partial charge >= 0.3 is 5.97 Å². The van der Waals surface area contributed by atoms with E-state index in [4.69, 9.17) is 5.11 Å². The minimum Gasteiger partial charge on any atom is -0.508 e. The average molecular weight is 473 g/mol. The highest BCUT2D eigenvalue weighted by Crippen LogP contribution is 2.40. The number of carbonyl (C=O) groups is 2. The maximum Gasteiger partial charge on any atom is 0.303 e. The number of likely N-dealkylation sites (tertiary alicyclic amines) is 1.